The van der Waals surface area contributed by atoms with Crippen LogP contribution in [0.1, 0.15) is 81.4 Å². The van der Waals surface area contributed by atoms with Gasteiger partial charge in [0, 0.05) is 0 Å². The van der Waals surface area contributed by atoms with Crippen LogP contribution in [0, 0.1) is 0 Å². The van der Waals surface area contributed by atoms with Gasteiger partial charge in [0.2, 0.25) is 11.8 Å². The maximum Gasteiger partial charge on any atom is 0.323 e. The van der Waals surface area contributed by atoms with Crippen LogP contribution in [0.5, 0.6) is 11.6 Å². The van der Waals surface area contributed by atoms with Crippen LogP contribution in [0.2, 0.25) is 0 Å². The zero-order valence-corrected chi connectivity index (χ0v) is 38.3. The van der Waals surface area contributed by atoms with E-state index in [4.69, 9.17) is 33.4 Å². The van der Waals surface area contributed by atoms with Gasteiger partial charge >= 0.3 is 5.97 Å². The van der Waals surface area contributed by atoms with Gasteiger partial charge in [0.15, 0.2) is 17.4 Å². The van der Waals surface area contributed by atoms with Crippen molar-refractivity contribution in [3.8, 4) is 11.6 Å². The Hall–Kier alpha value is -5.74. The maximum absolute atomic E-state index is 17.3. The number of aliphatic hydroxyl groups is 2. The van der Waals surface area contributed by atoms with Crippen molar-refractivity contribution in [1.82, 2.24) is 24.6 Å². The first-order chi connectivity index (χ1) is 31.8. The van der Waals surface area contributed by atoms with Gasteiger partial charge in [-0.1, -0.05) is 110 Å². The number of carbonyl (C=O) groups excluding carboxylic acids is 1. The van der Waals surface area contributed by atoms with Crippen molar-refractivity contribution < 1.29 is 47.4 Å². The predicted molar refractivity (Wildman–Crippen MR) is 246 cm³/mol. The van der Waals surface area contributed by atoms with Crippen LogP contribution in [0.25, 0.3) is 11.2 Å². The van der Waals surface area contributed by atoms with E-state index in [0.29, 0.717) is 11.3 Å². The van der Waals surface area contributed by atoms with Crippen LogP contribution >= 0.6 is 7.52 Å². The van der Waals surface area contributed by atoms with E-state index in [1.165, 1.54) is 24.7 Å². The lowest BCUT2D eigenvalue weighted by molar-refractivity contribution is -0.202. The molecule has 1 unspecified atom stereocenters. The molecule has 3 heterocycles. The van der Waals surface area contributed by atoms with Gasteiger partial charge in [0.05, 0.1) is 26.2 Å². The van der Waals surface area contributed by atoms with E-state index in [9.17, 15) is 19.6 Å². The largest absolute Gasteiger partial charge is 0.497 e. The summed E-state index contributed by atoms with van der Waals surface area (Å²) in [7, 11) is -2.55. The third kappa shape index (κ3) is 9.57. The predicted octanol–water partition coefficient (Wildman–Crippen LogP) is 8.21. The van der Waals surface area contributed by atoms with Crippen LogP contribution in [0.15, 0.2) is 122 Å². The number of halogens is 1. The quantitative estimate of drug-likeness (QED) is 0.0367. The molecule has 0 amide bonds. The molecule has 17 heteroatoms. The summed E-state index contributed by atoms with van der Waals surface area (Å²) in [6.07, 6.45) is 1.36. The van der Waals surface area contributed by atoms with E-state index < -0.39 is 55.5 Å². The highest BCUT2D eigenvalue weighted by atomic mass is 31.2. The number of rotatable bonds is 18. The van der Waals surface area contributed by atoms with Crippen molar-refractivity contribution in [1.29, 1.82) is 0 Å². The summed E-state index contributed by atoms with van der Waals surface area (Å²) in [6.45, 7) is 3.61. The Kier molecular flexibility index (Phi) is 13.9. The smallest absolute Gasteiger partial charge is 0.323 e. The molecule has 2 aliphatic rings. The highest BCUT2D eigenvalue weighted by Gasteiger charge is 2.64. The number of fused-ring (bicyclic) bond motifs is 1. The minimum absolute atomic E-state index is 0.0741. The number of esters is 1. The van der Waals surface area contributed by atoms with Crippen LogP contribution in [0.4, 0.5) is 10.3 Å². The summed E-state index contributed by atoms with van der Waals surface area (Å²) in [5.41, 5.74) is -0.116. The van der Waals surface area contributed by atoms with Crippen molar-refractivity contribution in [2.45, 2.75) is 101 Å². The normalized spacial score (nSPS) is 22.7. The number of imidazole rings is 1. The summed E-state index contributed by atoms with van der Waals surface area (Å²) in [5.74, 6) is -2.92. The van der Waals surface area contributed by atoms with Crippen LogP contribution in [-0.2, 0) is 35.1 Å². The Bertz CT molecular complexity index is 2580. The number of ether oxygens (including phenoxy) is 4. The third-order valence-corrected chi connectivity index (χ3v) is 14.3. The molecular formula is C49H56FN6O9P. The first-order valence-corrected chi connectivity index (χ1v) is 24.0. The summed E-state index contributed by atoms with van der Waals surface area (Å²) in [5, 5.41) is 30.0. The van der Waals surface area contributed by atoms with Crippen LogP contribution in [0.3, 0.4) is 0 Å². The molecule has 1 aliphatic carbocycles. The topological polar surface area (TPSA) is 188 Å². The number of methoxy groups -OCH3 is 1. The SMILES string of the molecule is CCOc1nc(NC(c2ccccc2)(c2ccccc2)c2ccc(OC)cc2)nc2c1ncn2[C@@H]1O[C@](F)(COP(=O)(Cc2ccccc2)N[C@@H](C)C(=O)OC2CCCCC2)[C@@H](O)[C@@]1(C)O. The lowest BCUT2D eigenvalue weighted by Crippen LogP contribution is -2.49. The summed E-state index contributed by atoms with van der Waals surface area (Å²) < 4.78 is 62.4. The van der Waals surface area contributed by atoms with E-state index in [1.54, 1.807) is 44.4 Å². The number of carbonyl (C=O) groups is 1. The van der Waals surface area contributed by atoms with Crippen molar-refractivity contribution in [2.75, 3.05) is 25.6 Å². The van der Waals surface area contributed by atoms with Crippen molar-refractivity contribution in [3.05, 3.63) is 144 Å². The molecule has 348 valence electrons. The number of aromatic nitrogens is 4. The van der Waals surface area contributed by atoms with E-state index in [0.717, 1.165) is 48.8 Å². The molecule has 2 aromatic heterocycles. The molecule has 66 heavy (non-hydrogen) atoms. The second-order valence-electron chi connectivity index (χ2n) is 17.0. The summed E-state index contributed by atoms with van der Waals surface area (Å²) in [4.78, 5) is 27.5. The number of hydrogen-bond acceptors (Lipinski definition) is 13. The first-order valence-electron chi connectivity index (χ1n) is 22.2. The molecule has 1 saturated heterocycles. The zero-order valence-electron chi connectivity index (χ0n) is 37.4. The minimum atomic E-state index is -4.14. The Morgan fingerprint density at radius 1 is 0.939 bits per heavy atom. The monoisotopic (exact) mass is 922 g/mol. The fourth-order valence-corrected chi connectivity index (χ4v) is 10.8. The van der Waals surface area contributed by atoms with E-state index >= 15 is 4.39 Å². The average Bonchev–Trinajstić information content (AvgIpc) is 3.83. The Morgan fingerprint density at radius 3 is 2.15 bits per heavy atom. The number of hydrogen-bond donors (Lipinski definition) is 4. The van der Waals surface area contributed by atoms with Crippen LogP contribution in [-0.4, -0.2) is 85.7 Å². The van der Waals surface area contributed by atoms with E-state index in [2.05, 4.69) is 15.4 Å². The highest BCUT2D eigenvalue weighted by molar-refractivity contribution is 7.56. The van der Waals surface area contributed by atoms with Gasteiger partial charge in [-0.25, -0.2) is 14.5 Å². The molecule has 2 fully saturated rings. The zero-order chi connectivity index (χ0) is 46.5. The molecule has 8 rings (SSSR count). The molecule has 1 saturated carbocycles. The fraction of sp³-hybridized carbons (Fsp3) is 0.388. The fourth-order valence-electron chi connectivity index (χ4n) is 8.79. The van der Waals surface area contributed by atoms with E-state index in [-0.39, 0.29) is 41.9 Å². The highest BCUT2D eigenvalue weighted by Crippen LogP contribution is 2.52. The minimum Gasteiger partial charge on any atom is -0.497 e. The molecule has 15 nitrogen and oxygen atoms in total. The van der Waals surface area contributed by atoms with Gasteiger partial charge in [0.25, 0.3) is 13.4 Å². The van der Waals surface area contributed by atoms with E-state index in [1.807, 2.05) is 84.9 Å². The number of benzene rings is 4. The third-order valence-electron chi connectivity index (χ3n) is 12.2. The molecule has 4 aromatic carbocycles. The van der Waals surface area contributed by atoms with Gasteiger partial charge < -0.3 is 39.0 Å². The molecule has 6 aromatic rings. The second-order valence-corrected chi connectivity index (χ2v) is 19.1. The number of aliphatic hydroxyl groups excluding tert-OH is 1. The van der Waals surface area contributed by atoms with Gasteiger partial charge in [-0.2, -0.15) is 9.97 Å². The molecule has 0 bridgehead atoms. The van der Waals surface area contributed by atoms with Gasteiger partial charge in [-0.05, 0) is 80.8 Å². The molecule has 6 atom stereocenters. The van der Waals surface area contributed by atoms with Gasteiger partial charge in [0.1, 0.15) is 41.7 Å². The van der Waals surface area contributed by atoms with Crippen molar-refractivity contribution in [3.63, 3.8) is 0 Å². The second kappa shape index (κ2) is 19.6. The van der Waals surface area contributed by atoms with Crippen LogP contribution < -0.4 is 19.9 Å². The Labute approximate surface area is 383 Å². The molecule has 0 spiro atoms. The number of nitrogens with zero attached hydrogens (tertiary/aromatic N) is 4. The van der Waals surface area contributed by atoms with Gasteiger partial charge in [-0.3, -0.25) is 13.9 Å². The summed E-state index contributed by atoms with van der Waals surface area (Å²) >= 11 is 0. The number of nitrogens with one attached hydrogen (secondary N) is 2. The van der Waals surface area contributed by atoms with Gasteiger partial charge in [-0.15, -0.1) is 0 Å². The average molecular weight is 923 g/mol. The number of alkyl halides is 1. The molecule has 1 aliphatic heterocycles. The standard InChI is InChI=1S/C49H56FN6O9P/c1-5-62-42-40-41(52-46(53-42)54-49(35-20-12-7-13-21-35,36-22-14-8-15-23-36)37-26-28-38(61-4)29-27-37)56(32-51-40)45-47(3,59)44(58)48(50,65-45)31-63-66(60,30-34-18-10-6-11-19-34)55-33(2)43(57)64-39-24-16-9-17-25-39/h6-8,10-15,18-23,26-29,32-33,39,44-45,58-59H,5,9,16-17,24-25,30-31H2,1-4H3,(H,55,60)(H,52,53,54)/t33-,44-,45+,47+,48+,66?/m0/s1. The maximum atomic E-state index is 17.3. The Morgan fingerprint density at radius 2 is 1.55 bits per heavy atom. The number of anilines is 1. The summed E-state index contributed by atoms with van der Waals surface area (Å²) in [6, 6.07) is 34.8. The Balaban J connectivity index is 1.13. The molecular weight excluding hydrogens is 867 g/mol. The molecule has 0 radical (unpaired) electrons. The first kappa shape index (κ1) is 46.8. The van der Waals surface area contributed by atoms with Crippen molar-refractivity contribution in [2.24, 2.45) is 0 Å². The molecule has 4 N–H and O–H groups in total. The van der Waals surface area contributed by atoms with Crippen molar-refractivity contribution >= 4 is 30.6 Å². The lowest BCUT2D eigenvalue weighted by atomic mass is 9.77. The lowest BCUT2D eigenvalue weighted by Gasteiger charge is -2.37.